The lowest BCUT2D eigenvalue weighted by atomic mass is 10.00. The summed E-state index contributed by atoms with van der Waals surface area (Å²) in [5, 5.41) is 14.0. The molecule has 0 saturated carbocycles. The second-order valence-electron chi connectivity index (χ2n) is 6.32. The van der Waals surface area contributed by atoms with Crippen LogP contribution in [0.15, 0.2) is 42.7 Å². The smallest absolute Gasteiger partial charge is 0.251 e. The fourth-order valence-corrected chi connectivity index (χ4v) is 2.69. The van der Waals surface area contributed by atoms with Crippen LogP contribution < -0.4 is 5.32 Å². The number of tetrazole rings is 1. The number of amides is 1. The Hall–Kier alpha value is -3.13. The van der Waals surface area contributed by atoms with Gasteiger partial charge in [0.1, 0.15) is 12.1 Å². The molecule has 0 aliphatic rings. The van der Waals surface area contributed by atoms with E-state index in [-0.39, 0.29) is 17.8 Å². The van der Waals surface area contributed by atoms with Crippen molar-refractivity contribution in [2.24, 2.45) is 0 Å². The summed E-state index contributed by atoms with van der Waals surface area (Å²) < 4.78 is 20.5. The fraction of sp³-hybridized carbons (Fsp3) is 0.263. The topological polar surface area (TPSA) is 81.9 Å². The average molecular weight is 369 g/mol. The average Bonchev–Trinajstić information content (AvgIpc) is 3.18. The van der Waals surface area contributed by atoms with E-state index in [1.54, 1.807) is 38.3 Å². The van der Waals surface area contributed by atoms with Crippen molar-refractivity contribution >= 4 is 5.91 Å². The molecule has 0 spiro atoms. The standard InChI is InChI=1S/C19H20FN5O2/c1-12-4-5-14(9-18(12)20)15-6-16(19(26)22-13(2)10-27-3)8-17(7-15)25-11-21-23-24-25/h4-9,11,13H,10H2,1-3H3,(H,22,26). The van der Waals surface area contributed by atoms with Crippen LogP contribution in [0, 0.1) is 12.7 Å². The summed E-state index contributed by atoms with van der Waals surface area (Å²) in [6, 6.07) is 10.0. The van der Waals surface area contributed by atoms with E-state index in [2.05, 4.69) is 20.8 Å². The highest BCUT2D eigenvalue weighted by Crippen LogP contribution is 2.26. The summed E-state index contributed by atoms with van der Waals surface area (Å²) in [6.45, 7) is 3.95. The molecule has 0 aliphatic heterocycles. The third-order valence-electron chi connectivity index (χ3n) is 4.09. The van der Waals surface area contributed by atoms with Gasteiger partial charge in [0.25, 0.3) is 5.91 Å². The third kappa shape index (κ3) is 4.35. The van der Waals surface area contributed by atoms with Crippen molar-refractivity contribution in [3.05, 3.63) is 59.7 Å². The summed E-state index contributed by atoms with van der Waals surface area (Å²) >= 11 is 0. The molecule has 0 bridgehead atoms. The molecule has 1 N–H and O–H groups in total. The van der Waals surface area contributed by atoms with Gasteiger partial charge < -0.3 is 10.1 Å². The highest BCUT2D eigenvalue weighted by atomic mass is 19.1. The summed E-state index contributed by atoms with van der Waals surface area (Å²) in [4.78, 5) is 12.7. The molecule has 1 amide bonds. The Balaban J connectivity index is 2.04. The first-order valence-electron chi connectivity index (χ1n) is 8.42. The van der Waals surface area contributed by atoms with E-state index in [0.717, 1.165) is 0 Å². The van der Waals surface area contributed by atoms with Gasteiger partial charge in [0.2, 0.25) is 0 Å². The van der Waals surface area contributed by atoms with Gasteiger partial charge in [-0.2, -0.15) is 0 Å². The van der Waals surface area contributed by atoms with E-state index in [0.29, 0.717) is 34.5 Å². The fourth-order valence-electron chi connectivity index (χ4n) is 2.69. The number of aromatic nitrogens is 4. The van der Waals surface area contributed by atoms with Gasteiger partial charge in [-0.3, -0.25) is 4.79 Å². The summed E-state index contributed by atoms with van der Waals surface area (Å²) in [5.74, 6) is -0.566. The molecule has 2 aromatic carbocycles. The first-order valence-corrected chi connectivity index (χ1v) is 8.42. The Morgan fingerprint density at radius 2 is 2.07 bits per heavy atom. The number of nitrogens with one attached hydrogen (secondary N) is 1. The van der Waals surface area contributed by atoms with Gasteiger partial charge in [-0.05, 0) is 65.2 Å². The van der Waals surface area contributed by atoms with Crippen molar-refractivity contribution in [2.45, 2.75) is 19.9 Å². The van der Waals surface area contributed by atoms with Crippen molar-refractivity contribution in [1.29, 1.82) is 0 Å². The van der Waals surface area contributed by atoms with Crippen LogP contribution in [0.2, 0.25) is 0 Å². The minimum Gasteiger partial charge on any atom is -0.383 e. The van der Waals surface area contributed by atoms with Crippen molar-refractivity contribution in [3.63, 3.8) is 0 Å². The first-order chi connectivity index (χ1) is 13.0. The Kier molecular flexibility index (Phi) is 5.56. The van der Waals surface area contributed by atoms with Crippen LogP contribution in [0.25, 0.3) is 16.8 Å². The van der Waals surface area contributed by atoms with Crippen LogP contribution in [0.1, 0.15) is 22.8 Å². The lowest BCUT2D eigenvalue weighted by Crippen LogP contribution is -2.35. The van der Waals surface area contributed by atoms with Gasteiger partial charge in [0, 0.05) is 18.7 Å². The molecule has 0 fully saturated rings. The number of hydrogen-bond donors (Lipinski definition) is 1. The van der Waals surface area contributed by atoms with Gasteiger partial charge >= 0.3 is 0 Å². The zero-order valence-electron chi connectivity index (χ0n) is 15.3. The SMILES string of the molecule is COCC(C)NC(=O)c1cc(-c2ccc(C)c(F)c2)cc(-n2cnnn2)c1. The molecule has 140 valence electrons. The van der Waals surface area contributed by atoms with Crippen molar-refractivity contribution in [1.82, 2.24) is 25.5 Å². The molecule has 0 aliphatic carbocycles. The van der Waals surface area contributed by atoms with E-state index in [1.165, 1.54) is 17.1 Å². The van der Waals surface area contributed by atoms with Gasteiger partial charge in [-0.25, -0.2) is 9.07 Å². The van der Waals surface area contributed by atoms with E-state index in [1.807, 2.05) is 13.0 Å². The minimum absolute atomic E-state index is 0.153. The highest BCUT2D eigenvalue weighted by Gasteiger charge is 2.14. The molecule has 1 heterocycles. The van der Waals surface area contributed by atoms with Crippen molar-refractivity contribution < 1.29 is 13.9 Å². The van der Waals surface area contributed by atoms with E-state index in [9.17, 15) is 9.18 Å². The quantitative estimate of drug-likeness (QED) is 0.722. The first kappa shape index (κ1) is 18.7. The molecule has 0 saturated heterocycles. The summed E-state index contributed by atoms with van der Waals surface area (Å²) in [7, 11) is 1.57. The van der Waals surface area contributed by atoms with Crippen LogP contribution >= 0.6 is 0 Å². The Bertz CT molecular complexity index is 943. The monoisotopic (exact) mass is 369 g/mol. The summed E-state index contributed by atoms with van der Waals surface area (Å²) in [6.07, 6.45) is 1.43. The number of halogens is 1. The van der Waals surface area contributed by atoms with Crippen LogP contribution in [0.4, 0.5) is 4.39 Å². The number of ether oxygens (including phenoxy) is 1. The molecule has 27 heavy (non-hydrogen) atoms. The summed E-state index contributed by atoms with van der Waals surface area (Å²) in [5.41, 5.74) is 2.92. The maximum atomic E-state index is 14.0. The highest BCUT2D eigenvalue weighted by molar-refractivity contribution is 5.96. The molecule has 0 radical (unpaired) electrons. The predicted octanol–water partition coefficient (Wildman–Crippen LogP) is 2.54. The molecular weight excluding hydrogens is 349 g/mol. The minimum atomic E-state index is -0.306. The molecule has 3 rings (SSSR count). The number of methoxy groups -OCH3 is 1. The maximum Gasteiger partial charge on any atom is 0.251 e. The van der Waals surface area contributed by atoms with Crippen LogP contribution in [0.3, 0.4) is 0 Å². The van der Waals surface area contributed by atoms with E-state index < -0.39 is 0 Å². The lowest BCUT2D eigenvalue weighted by molar-refractivity contribution is 0.0905. The normalized spacial score (nSPS) is 12.0. The van der Waals surface area contributed by atoms with E-state index in [4.69, 9.17) is 4.74 Å². The van der Waals surface area contributed by atoms with Gasteiger partial charge in [-0.1, -0.05) is 12.1 Å². The van der Waals surface area contributed by atoms with Crippen molar-refractivity contribution in [2.75, 3.05) is 13.7 Å². The Labute approximate surface area is 156 Å². The third-order valence-corrected chi connectivity index (χ3v) is 4.09. The Morgan fingerprint density at radius 1 is 1.26 bits per heavy atom. The lowest BCUT2D eigenvalue weighted by Gasteiger charge is -2.14. The maximum absolute atomic E-state index is 14.0. The zero-order valence-corrected chi connectivity index (χ0v) is 15.3. The molecule has 1 aromatic heterocycles. The number of carbonyl (C=O) groups is 1. The van der Waals surface area contributed by atoms with E-state index >= 15 is 0 Å². The number of carbonyl (C=O) groups excluding carboxylic acids is 1. The number of rotatable bonds is 6. The Morgan fingerprint density at radius 3 is 2.74 bits per heavy atom. The van der Waals surface area contributed by atoms with Crippen LogP contribution in [-0.2, 0) is 4.74 Å². The molecule has 7 nitrogen and oxygen atoms in total. The number of aryl methyl sites for hydroxylation is 1. The largest absolute Gasteiger partial charge is 0.383 e. The van der Waals surface area contributed by atoms with Gasteiger partial charge in [-0.15, -0.1) is 5.10 Å². The molecule has 3 aromatic rings. The second-order valence-corrected chi connectivity index (χ2v) is 6.32. The predicted molar refractivity (Wildman–Crippen MR) is 98.1 cm³/mol. The molecular formula is C19H20FN5O2. The zero-order chi connectivity index (χ0) is 19.4. The van der Waals surface area contributed by atoms with Crippen molar-refractivity contribution in [3.8, 4) is 16.8 Å². The number of nitrogens with zero attached hydrogens (tertiary/aromatic N) is 4. The molecule has 1 atom stereocenters. The second kappa shape index (κ2) is 8.05. The van der Waals surface area contributed by atoms with Crippen LogP contribution in [0.5, 0.6) is 0 Å². The molecule has 8 heteroatoms. The van der Waals surface area contributed by atoms with Crippen LogP contribution in [-0.4, -0.2) is 45.9 Å². The van der Waals surface area contributed by atoms with Gasteiger partial charge in [0.15, 0.2) is 0 Å². The van der Waals surface area contributed by atoms with Gasteiger partial charge in [0.05, 0.1) is 12.3 Å². The number of benzene rings is 2. The number of hydrogen-bond acceptors (Lipinski definition) is 5. The molecule has 1 unspecified atom stereocenters.